The van der Waals surface area contributed by atoms with E-state index in [1.165, 1.54) is 0 Å². The number of benzene rings is 1. The molecule has 2 aromatic heterocycles. The number of aryl methyl sites for hydroxylation is 2. The van der Waals surface area contributed by atoms with Crippen molar-refractivity contribution in [2.75, 3.05) is 13.3 Å². The Kier molecular flexibility index (Phi) is 8.30. The van der Waals surface area contributed by atoms with E-state index in [-0.39, 0.29) is 5.25 Å². The van der Waals surface area contributed by atoms with Crippen molar-refractivity contribution in [3.8, 4) is 34.9 Å². The van der Waals surface area contributed by atoms with Crippen molar-refractivity contribution < 1.29 is 4.21 Å². The van der Waals surface area contributed by atoms with Crippen molar-refractivity contribution in [3.05, 3.63) is 78.4 Å². The Morgan fingerprint density at radius 1 is 1.29 bits per heavy atom. The highest BCUT2D eigenvalue weighted by Crippen LogP contribution is 2.50. The molecular weight excluding hydrogens is 538 g/mol. The minimum Gasteiger partial charge on any atom is -0.311 e. The topological polar surface area (TPSA) is 74.9 Å². The number of nitrogens with one attached hydrogen (secondary N) is 1. The molecule has 3 aromatic rings. The molecule has 1 N–H and O–H groups in total. The molecule has 218 valence electrons. The third-order valence-electron chi connectivity index (χ3n) is 9.13. The van der Waals surface area contributed by atoms with Gasteiger partial charge in [0.05, 0.1) is 23.3 Å². The van der Waals surface area contributed by atoms with Crippen molar-refractivity contribution in [2.45, 2.75) is 44.3 Å². The van der Waals surface area contributed by atoms with Gasteiger partial charge in [0.1, 0.15) is 0 Å². The van der Waals surface area contributed by atoms with Crippen LogP contribution < -0.4 is 0 Å². The second-order valence-corrected chi connectivity index (χ2v) is 15.0. The molecular formula is C35H41N5OS. The van der Waals surface area contributed by atoms with Crippen molar-refractivity contribution >= 4 is 26.7 Å². The molecule has 0 saturated heterocycles. The van der Waals surface area contributed by atoms with E-state index in [1.807, 2.05) is 51.1 Å². The summed E-state index contributed by atoms with van der Waals surface area (Å²) in [6.45, 7) is 6.05. The maximum absolute atomic E-state index is 12.7. The van der Waals surface area contributed by atoms with Crippen molar-refractivity contribution in [2.24, 2.45) is 24.8 Å². The fourth-order valence-corrected chi connectivity index (χ4v) is 8.21. The number of nitrogens with zero attached hydrogens (tertiary/aromatic N) is 4. The Hall–Kier alpha value is -3.89. The number of terminal acetylenes is 1. The normalized spacial score (nSPS) is 23.2. The number of fused-ring (bicyclic) bond motifs is 1. The van der Waals surface area contributed by atoms with Gasteiger partial charge >= 0.3 is 0 Å². The molecule has 2 saturated carbocycles. The molecule has 0 radical (unpaired) electrons. The fourth-order valence-electron chi connectivity index (χ4n) is 6.93. The lowest BCUT2D eigenvalue weighted by atomic mass is 9.86. The number of aromatic nitrogens is 3. The molecule has 0 aliphatic heterocycles. The van der Waals surface area contributed by atoms with Crippen LogP contribution in [0, 0.1) is 42.6 Å². The van der Waals surface area contributed by atoms with Gasteiger partial charge in [-0.05, 0) is 101 Å². The van der Waals surface area contributed by atoms with Crippen LogP contribution in [0.2, 0.25) is 0 Å². The minimum atomic E-state index is -2.05. The molecule has 7 heteroatoms. The van der Waals surface area contributed by atoms with Crippen LogP contribution in [-0.4, -0.2) is 54.0 Å². The fraction of sp³-hybridized carbons (Fsp3) is 0.371. The molecule has 2 fully saturated rings. The minimum absolute atomic E-state index is 0.196. The first-order chi connectivity index (χ1) is 20.0. The molecule has 1 aromatic carbocycles. The van der Waals surface area contributed by atoms with Crippen LogP contribution in [0.1, 0.15) is 48.9 Å². The Bertz CT molecular complexity index is 1710. The number of hydrogen-bond acceptors (Lipinski definition) is 5. The van der Waals surface area contributed by atoms with E-state index in [0.29, 0.717) is 35.6 Å². The van der Waals surface area contributed by atoms with Crippen LogP contribution in [-0.2, 0) is 16.6 Å². The lowest BCUT2D eigenvalue weighted by Gasteiger charge is -2.21. The van der Waals surface area contributed by atoms with Crippen LogP contribution in [0.15, 0.2) is 61.6 Å². The van der Waals surface area contributed by atoms with Crippen molar-refractivity contribution in [1.29, 1.82) is 5.41 Å². The number of allylic oxidation sites excluding steroid dienone is 2. The number of rotatable bonds is 9. The summed E-state index contributed by atoms with van der Waals surface area (Å²) in [4.78, 5) is 6.88. The summed E-state index contributed by atoms with van der Waals surface area (Å²) in [5.74, 6) is 5.50. The van der Waals surface area contributed by atoms with Gasteiger partial charge in [-0.3, -0.25) is 8.89 Å². The van der Waals surface area contributed by atoms with E-state index in [9.17, 15) is 9.62 Å². The van der Waals surface area contributed by atoms with Gasteiger partial charge < -0.3 is 10.3 Å². The van der Waals surface area contributed by atoms with Gasteiger partial charge in [-0.2, -0.15) is 5.10 Å². The average molecular weight is 580 g/mol. The summed E-state index contributed by atoms with van der Waals surface area (Å²) >= 11 is 0. The van der Waals surface area contributed by atoms with E-state index in [4.69, 9.17) is 11.4 Å². The van der Waals surface area contributed by atoms with Crippen LogP contribution >= 0.6 is 0 Å². The van der Waals surface area contributed by atoms with E-state index < -0.39 is 9.52 Å². The second-order valence-electron chi connectivity index (χ2n) is 12.2. The third kappa shape index (κ3) is 6.00. The zero-order valence-corrected chi connectivity index (χ0v) is 26.0. The molecule has 5 unspecified atom stereocenters. The van der Waals surface area contributed by atoms with Crippen LogP contribution in [0.4, 0.5) is 0 Å². The first kappa shape index (κ1) is 29.6. The molecule has 0 amide bonds. The first-order valence-corrected chi connectivity index (χ1v) is 16.7. The van der Waals surface area contributed by atoms with Gasteiger partial charge in [-0.1, -0.05) is 37.3 Å². The molecule has 5 atom stereocenters. The summed E-state index contributed by atoms with van der Waals surface area (Å²) in [5, 5.41) is 14.0. The second kappa shape index (κ2) is 11.8. The van der Waals surface area contributed by atoms with Gasteiger partial charge in [0.2, 0.25) is 0 Å². The Morgan fingerprint density at radius 2 is 2.07 bits per heavy atom. The zero-order valence-electron chi connectivity index (χ0n) is 25.1. The maximum Gasteiger partial charge on any atom is 0.0924 e. The zero-order chi connectivity index (χ0) is 30.2. The average Bonchev–Trinajstić information content (AvgIpc) is 3.68. The Labute approximate surface area is 251 Å². The van der Waals surface area contributed by atoms with Crippen molar-refractivity contribution in [3.63, 3.8) is 0 Å². The van der Waals surface area contributed by atoms with E-state index in [2.05, 4.69) is 48.7 Å². The first-order valence-electron chi connectivity index (χ1n) is 14.5. The summed E-state index contributed by atoms with van der Waals surface area (Å²) in [7, 11) is 1.68. The van der Waals surface area contributed by atoms with E-state index in [0.717, 1.165) is 64.8 Å². The SMILES string of the molecule is C#CN(C)/C=C(\C=C)c1cccc(-c2nc(C(=N)CC3CCC4CC(S(=C)(C)=O)CC34)c(-c3cnn(C)c3)cc2C)c1. The predicted octanol–water partition coefficient (Wildman–Crippen LogP) is 6.42. The van der Waals surface area contributed by atoms with E-state index in [1.54, 1.807) is 15.7 Å². The van der Waals surface area contributed by atoms with Gasteiger partial charge in [0.15, 0.2) is 0 Å². The highest BCUT2D eigenvalue weighted by atomic mass is 32.2. The highest BCUT2D eigenvalue weighted by Gasteiger charge is 2.45. The molecule has 6 nitrogen and oxygen atoms in total. The Balaban J connectivity index is 1.52. The summed E-state index contributed by atoms with van der Waals surface area (Å²) in [5.41, 5.74) is 7.90. The standard InChI is InChI=1S/C35H41N5OS/c1-8-24(21-39(4)9-2)25-11-10-12-28(16-25)34-23(3)15-32(29-20-37-40(5)22-29)35(38-34)33(36)18-27-14-13-26-17-30(19-31(26)27)42(6,7)41/h2,8,10-12,15-16,20-22,26-27,30-31,36H,1,6,13-14,17-19H2,3-5,7H3/b24-21+,36-33?. The van der Waals surface area contributed by atoms with Crippen LogP contribution in [0.25, 0.3) is 28.0 Å². The number of hydrogen-bond donors (Lipinski definition) is 1. The molecule has 0 bridgehead atoms. The van der Waals surface area contributed by atoms with Crippen molar-refractivity contribution in [1.82, 2.24) is 19.7 Å². The van der Waals surface area contributed by atoms with Gasteiger partial charge in [-0.25, -0.2) is 4.98 Å². The molecule has 5 rings (SSSR count). The molecule has 42 heavy (non-hydrogen) atoms. The third-order valence-corrected chi connectivity index (χ3v) is 10.9. The summed E-state index contributed by atoms with van der Waals surface area (Å²) in [6, 6.07) is 13.0. The van der Waals surface area contributed by atoms with E-state index >= 15 is 0 Å². The maximum atomic E-state index is 12.7. The molecule has 0 spiro atoms. The lowest BCUT2D eigenvalue weighted by molar-refractivity contribution is 0.361. The Morgan fingerprint density at radius 3 is 2.74 bits per heavy atom. The molecule has 2 aliphatic carbocycles. The monoisotopic (exact) mass is 579 g/mol. The lowest BCUT2D eigenvalue weighted by Crippen LogP contribution is -2.20. The highest BCUT2D eigenvalue weighted by molar-refractivity contribution is 8.00. The van der Waals surface area contributed by atoms with Gasteiger partial charge in [0, 0.05) is 60.7 Å². The quantitative estimate of drug-likeness (QED) is 0.104. The summed E-state index contributed by atoms with van der Waals surface area (Å²) in [6.07, 6.45) is 19.8. The van der Waals surface area contributed by atoms with Crippen LogP contribution in [0.5, 0.6) is 0 Å². The van der Waals surface area contributed by atoms with Gasteiger partial charge in [-0.15, -0.1) is 0 Å². The molecule has 2 aliphatic rings. The summed E-state index contributed by atoms with van der Waals surface area (Å²) < 4.78 is 14.5. The number of pyridine rings is 1. The smallest absolute Gasteiger partial charge is 0.0924 e. The predicted molar refractivity (Wildman–Crippen MR) is 177 cm³/mol. The van der Waals surface area contributed by atoms with Crippen LogP contribution in [0.3, 0.4) is 0 Å². The van der Waals surface area contributed by atoms with Gasteiger partial charge in [0.25, 0.3) is 0 Å². The molecule has 2 heterocycles. The largest absolute Gasteiger partial charge is 0.311 e.